The number of carboxylic acid groups (broad SMARTS) is 1. The molecule has 1 aromatic heterocycles. The van der Waals surface area contributed by atoms with Gasteiger partial charge in [-0.3, -0.25) is 9.59 Å². The number of hydrogen-bond acceptors (Lipinski definition) is 3. The third-order valence-electron chi connectivity index (χ3n) is 1.85. The highest BCUT2D eigenvalue weighted by molar-refractivity contribution is 7.12. The third kappa shape index (κ3) is 1.78. The zero-order valence-electron chi connectivity index (χ0n) is 7.40. The fourth-order valence-corrected chi connectivity index (χ4v) is 1.64. The molecule has 0 saturated carbocycles. The maximum atomic E-state index is 11.6. The van der Waals surface area contributed by atoms with E-state index in [0.29, 0.717) is 4.88 Å². The predicted molar refractivity (Wildman–Crippen MR) is 50.1 cm³/mol. The molecule has 0 amide bonds. The lowest BCUT2D eigenvalue weighted by Crippen LogP contribution is -2.32. The van der Waals surface area contributed by atoms with Gasteiger partial charge in [0.25, 0.3) is 0 Å². The quantitative estimate of drug-likeness (QED) is 0.597. The number of thiophene rings is 1. The molecule has 0 unspecified atom stereocenters. The van der Waals surface area contributed by atoms with Gasteiger partial charge in [-0.25, -0.2) is 0 Å². The highest BCUT2D eigenvalue weighted by Crippen LogP contribution is 2.24. The van der Waals surface area contributed by atoms with E-state index in [9.17, 15) is 9.59 Å². The van der Waals surface area contributed by atoms with Crippen LogP contribution in [0.5, 0.6) is 0 Å². The Kier molecular flexibility index (Phi) is 2.52. The van der Waals surface area contributed by atoms with Gasteiger partial charge in [0.1, 0.15) is 5.41 Å². The van der Waals surface area contributed by atoms with E-state index in [1.807, 2.05) is 0 Å². The molecule has 1 heterocycles. The molecule has 13 heavy (non-hydrogen) atoms. The van der Waals surface area contributed by atoms with Gasteiger partial charge in [0.15, 0.2) is 5.78 Å². The molecule has 0 aliphatic heterocycles. The van der Waals surface area contributed by atoms with E-state index in [0.717, 1.165) is 0 Å². The lowest BCUT2D eigenvalue weighted by molar-refractivity contribution is -0.144. The van der Waals surface area contributed by atoms with Crippen molar-refractivity contribution < 1.29 is 14.7 Å². The van der Waals surface area contributed by atoms with Crippen LogP contribution in [0.15, 0.2) is 17.5 Å². The summed E-state index contributed by atoms with van der Waals surface area (Å²) in [6.45, 7) is 2.83. The zero-order chi connectivity index (χ0) is 10.1. The summed E-state index contributed by atoms with van der Waals surface area (Å²) in [7, 11) is 0. The van der Waals surface area contributed by atoms with Crippen molar-refractivity contribution in [2.24, 2.45) is 5.41 Å². The first kappa shape index (κ1) is 9.92. The van der Waals surface area contributed by atoms with Gasteiger partial charge < -0.3 is 5.11 Å². The van der Waals surface area contributed by atoms with Crippen LogP contribution in [-0.4, -0.2) is 16.9 Å². The number of carbonyl (C=O) groups is 2. The van der Waals surface area contributed by atoms with E-state index in [1.54, 1.807) is 17.5 Å². The van der Waals surface area contributed by atoms with Crippen LogP contribution in [-0.2, 0) is 4.79 Å². The molecule has 4 heteroatoms. The molecule has 1 rings (SSSR count). The largest absolute Gasteiger partial charge is 0.481 e. The Morgan fingerprint density at radius 1 is 1.46 bits per heavy atom. The average molecular weight is 198 g/mol. The molecule has 1 aromatic rings. The van der Waals surface area contributed by atoms with Crippen LogP contribution in [0.2, 0.25) is 0 Å². The van der Waals surface area contributed by atoms with Gasteiger partial charge >= 0.3 is 5.97 Å². The maximum Gasteiger partial charge on any atom is 0.317 e. The van der Waals surface area contributed by atoms with Crippen molar-refractivity contribution in [3.63, 3.8) is 0 Å². The van der Waals surface area contributed by atoms with Crippen molar-refractivity contribution in [3.8, 4) is 0 Å². The highest BCUT2D eigenvalue weighted by atomic mass is 32.1. The van der Waals surface area contributed by atoms with E-state index in [-0.39, 0.29) is 5.78 Å². The molecule has 0 aliphatic rings. The van der Waals surface area contributed by atoms with Crippen LogP contribution < -0.4 is 0 Å². The van der Waals surface area contributed by atoms with Crippen molar-refractivity contribution in [3.05, 3.63) is 22.4 Å². The average Bonchev–Trinajstić information content (AvgIpc) is 2.54. The molecular weight excluding hydrogens is 188 g/mol. The number of hydrogen-bond donors (Lipinski definition) is 1. The second kappa shape index (κ2) is 3.30. The first-order chi connectivity index (χ1) is 5.96. The van der Waals surface area contributed by atoms with Crippen LogP contribution in [0.3, 0.4) is 0 Å². The summed E-state index contributed by atoms with van der Waals surface area (Å²) in [5.74, 6) is -1.43. The zero-order valence-corrected chi connectivity index (χ0v) is 8.22. The van der Waals surface area contributed by atoms with Gasteiger partial charge in [0, 0.05) is 0 Å². The van der Waals surface area contributed by atoms with Crippen LogP contribution in [0.1, 0.15) is 23.5 Å². The number of Topliss-reactive ketones (excluding diaryl/α,β-unsaturated/α-hetero) is 1. The molecule has 0 aliphatic carbocycles. The smallest absolute Gasteiger partial charge is 0.317 e. The van der Waals surface area contributed by atoms with Crippen molar-refractivity contribution in [2.75, 3.05) is 0 Å². The number of ketones is 1. The topological polar surface area (TPSA) is 54.4 Å². The Bertz CT molecular complexity index is 325. The van der Waals surface area contributed by atoms with E-state index in [1.165, 1.54) is 25.2 Å². The fraction of sp³-hybridized carbons (Fsp3) is 0.333. The molecule has 0 radical (unpaired) electrons. The Morgan fingerprint density at radius 2 is 2.08 bits per heavy atom. The van der Waals surface area contributed by atoms with E-state index < -0.39 is 11.4 Å². The van der Waals surface area contributed by atoms with Crippen LogP contribution in [0.4, 0.5) is 0 Å². The lowest BCUT2D eigenvalue weighted by Gasteiger charge is -2.15. The van der Waals surface area contributed by atoms with Crippen molar-refractivity contribution in [1.82, 2.24) is 0 Å². The predicted octanol–water partition coefficient (Wildman–Crippen LogP) is 2.04. The first-order valence-corrected chi connectivity index (χ1v) is 4.66. The normalized spacial score (nSPS) is 11.2. The highest BCUT2D eigenvalue weighted by Gasteiger charge is 2.36. The third-order valence-corrected chi connectivity index (χ3v) is 2.72. The lowest BCUT2D eigenvalue weighted by atomic mass is 9.87. The molecule has 0 bridgehead atoms. The SMILES string of the molecule is CC(C)(C(=O)O)C(=O)c1cccs1. The molecule has 0 aromatic carbocycles. The van der Waals surface area contributed by atoms with Gasteiger partial charge in [-0.1, -0.05) is 6.07 Å². The second-order valence-corrected chi connectivity index (χ2v) is 4.18. The molecule has 0 fully saturated rings. The van der Waals surface area contributed by atoms with Crippen molar-refractivity contribution >= 4 is 23.1 Å². The molecule has 0 atom stereocenters. The van der Waals surface area contributed by atoms with Crippen LogP contribution >= 0.6 is 11.3 Å². The van der Waals surface area contributed by atoms with Crippen molar-refractivity contribution in [1.29, 1.82) is 0 Å². The molecule has 3 nitrogen and oxygen atoms in total. The fourth-order valence-electron chi connectivity index (χ4n) is 0.813. The summed E-state index contributed by atoms with van der Waals surface area (Å²) in [6.07, 6.45) is 0. The molecule has 0 saturated heterocycles. The summed E-state index contributed by atoms with van der Waals surface area (Å²) in [4.78, 5) is 22.8. The monoisotopic (exact) mass is 198 g/mol. The van der Waals surface area contributed by atoms with Gasteiger partial charge in [-0.15, -0.1) is 11.3 Å². The first-order valence-electron chi connectivity index (χ1n) is 3.78. The summed E-state index contributed by atoms with van der Waals surface area (Å²) < 4.78 is 0. The van der Waals surface area contributed by atoms with E-state index >= 15 is 0 Å². The van der Waals surface area contributed by atoms with Gasteiger partial charge in [-0.05, 0) is 25.3 Å². The molecule has 70 valence electrons. The summed E-state index contributed by atoms with van der Waals surface area (Å²) in [6, 6.07) is 3.37. The minimum Gasteiger partial charge on any atom is -0.481 e. The number of carbonyl (C=O) groups excluding carboxylic acids is 1. The molecule has 0 spiro atoms. The van der Waals surface area contributed by atoms with Crippen LogP contribution in [0.25, 0.3) is 0 Å². The van der Waals surface area contributed by atoms with Gasteiger partial charge in [-0.2, -0.15) is 0 Å². The second-order valence-electron chi connectivity index (χ2n) is 3.24. The molecular formula is C9H10O3S. The van der Waals surface area contributed by atoms with E-state index in [2.05, 4.69) is 0 Å². The Balaban J connectivity index is 2.98. The van der Waals surface area contributed by atoms with Gasteiger partial charge in [0.2, 0.25) is 0 Å². The van der Waals surface area contributed by atoms with E-state index in [4.69, 9.17) is 5.11 Å². The number of rotatable bonds is 3. The number of aliphatic carboxylic acids is 1. The summed E-state index contributed by atoms with van der Waals surface area (Å²) in [5.41, 5.74) is -1.33. The standard InChI is InChI=1S/C9H10O3S/c1-9(2,8(11)12)7(10)6-4-3-5-13-6/h3-5H,1-2H3,(H,11,12). The van der Waals surface area contributed by atoms with Crippen LogP contribution in [0, 0.1) is 5.41 Å². The minimum atomic E-state index is -1.33. The summed E-state index contributed by atoms with van der Waals surface area (Å²) in [5, 5.41) is 10.5. The minimum absolute atomic E-state index is 0.338. The Labute approximate surface area is 80.0 Å². The van der Waals surface area contributed by atoms with Gasteiger partial charge in [0.05, 0.1) is 4.88 Å². The Morgan fingerprint density at radius 3 is 2.46 bits per heavy atom. The summed E-state index contributed by atoms with van der Waals surface area (Å²) >= 11 is 1.26. The van der Waals surface area contributed by atoms with Crippen molar-refractivity contribution in [2.45, 2.75) is 13.8 Å². The number of carboxylic acids is 1. The maximum absolute atomic E-state index is 11.6. The molecule has 1 N–H and O–H groups in total. The Hall–Kier alpha value is -1.16.